The molecular formula is C13H18N2O4. The zero-order valence-electron chi connectivity index (χ0n) is 11.1. The summed E-state index contributed by atoms with van der Waals surface area (Å²) in [5.41, 5.74) is 4.56. The van der Waals surface area contributed by atoms with Crippen LogP contribution in [0.3, 0.4) is 0 Å². The molecule has 0 saturated carbocycles. The Morgan fingerprint density at radius 1 is 1.21 bits per heavy atom. The lowest BCUT2D eigenvalue weighted by Gasteiger charge is -2.24. The first kappa shape index (κ1) is 15.1. The molecule has 0 aromatic carbocycles. The van der Waals surface area contributed by atoms with Crippen LogP contribution in [-0.2, 0) is 25.5 Å². The van der Waals surface area contributed by atoms with E-state index in [4.69, 9.17) is 15.2 Å². The lowest BCUT2D eigenvalue weighted by atomic mass is 9.94. The first-order valence-corrected chi connectivity index (χ1v) is 6.07. The fourth-order valence-electron chi connectivity index (χ4n) is 1.54. The van der Waals surface area contributed by atoms with Crippen LogP contribution in [0.4, 0.5) is 0 Å². The topological polar surface area (TPSA) is 91.5 Å². The Morgan fingerprint density at radius 3 is 2.21 bits per heavy atom. The maximum absolute atomic E-state index is 11.9. The van der Waals surface area contributed by atoms with E-state index in [9.17, 15) is 9.59 Å². The maximum atomic E-state index is 11.9. The minimum Gasteiger partial charge on any atom is -0.464 e. The van der Waals surface area contributed by atoms with Crippen LogP contribution in [-0.4, -0.2) is 35.7 Å². The highest BCUT2D eigenvalue weighted by atomic mass is 16.6. The SMILES string of the molecule is CCOC(=O)C(N)(Cc1ccccn1)C(=O)OCC. The summed E-state index contributed by atoms with van der Waals surface area (Å²) in [4.78, 5) is 27.9. The molecule has 6 nitrogen and oxygen atoms in total. The van der Waals surface area contributed by atoms with Gasteiger partial charge in [-0.1, -0.05) is 6.07 Å². The molecule has 6 heteroatoms. The van der Waals surface area contributed by atoms with Gasteiger partial charge in [0.1, 0.15) is 0 Å². The van der Waals surface area contributed by atoms with Crippen molar-refractivity contribution in [3.63, 3.8) is 0 Å². The van der Waals surface area contributed by atoms with Crippen LogP contribution in [0.5, 0.6) is 0 Å². The minimum absolute atomic E-state index is 0.0640. The van der Waals surface area contributed by atoms with Gasteiger partial charge in [0, 0.05) is 18.3 Å². The van der Waals surface area contributed by atoms with E-state index in [1.165, 1.54) is 0 Å². The zero-order chi connectivity index (χ0) is 14.3. The third-order valence-electron chi connectivity index (χ3n) is 2.47. The van der Waals surface area contributed by atoms with Crippen molar-refractivity contribution in [2.45, 2.75) is 25.8 Å². The fourth-order valence-corrected chi connectivity index (χ4v) is 1.54. The molecule has 0 aliphatic rings. The smallest absolute Gasteiger partial charge is 0.338 e. The molecule has 1 heterocycles. The number of pyridine rings is 1. The van der Waals surface area contributed by atoms with Crippen molar-refractivity contribution in [2.75, 3.05) is 13.2 Å². The van der Waals surface area contributed by atoms with Gasteiger partial charge in [-0.05, 0) is 26.0 Å². The molecule has 0 unspecified atom stereocenters. The standard InChI is InChI=1S/C13H18N2O4/c1-3-18-11(16)13(14,12(17)19-4-2)9-10-7-5-6-8-15-10/h5-8H,3-4,9,14H2,1-2H3. The molecule has 0 atom stereocenters. The Kier molecular flexibility index (Phi) is 5.44. The highest BCUT2D eigenvalue weighted by molar-refractivity contribution is 6.05. The summed E-state index contributed by atoms with van der Waals surface area (Å²) in [5, 5.41) is 0. The maximum Gasteiger partial charge on any atom is 0.338 e. The molecule has 0 fully saturated rings. The van der Waals surface area contributed by atoms with Crippen LogP contribution in [0, 0.1) is 0 Å². The van der Waals surface area contributed by atoms with Gasteiger partial charge in [-0.3, -0.25) is 4.98 Å². The van der Waals surface area contributed by atoms with Gasteiger partial charge < -0.3 is 15.2 Å². The van der Waals surface area contributed by atoms with E-state index in [0.29, 0.717) is 5.69 Å². The van der Waals surface area contributed by atoms with Crippen LogP contribution in [0.1, 0.15) is 19.5 Å². The van der Waals surface area contributed by atoms with Crippen molar-refractivity contribution in [2.24, 2.45) is 5.73 Å². The van der Waals surface area contributed by atoms with Gasteiger partial charge in [-0.2, -0.15) is 0 Å². The quantitative estimate of drug-likeness (QED) is 0.593. The van der Waals surface area contributed by atoms with Crippen molar-refractivity contribution >= 4 is 11.9 Å². The van der Waals surface area contributed by atoms with Crippen LogP contribution >= 0.6 is 0 Å². The van der Waals surface area contributed by atoms with Gasteiger partial charge in [-0.15, -0.1) is 0 Å². The van der Waals surface area contributed by atoms with Gasteiger partial charge in [0.05, 0.1) is 13.2 Å². The number of carbonyl (C=O) groups is 2. The van der Waals surface area contributed by atoms with Gasteiger partial charge >= 0.3 is 11.9 Å². The molecular weight excluding hydrogens is 248 g/mol. The second-order valence-electron chi connectivity index (χ2n) is 3.91. The number of nitrogens with two attached hydrogens (primary N) is 1. The van der Waals surface area contributed by atoms with Crippen LogP contribution in [0.25, 0.3) is 0 Å². The predicted octanol–water partition coefficient (Wildman–Crippen LogP) is 0.448. The lowest BCUT2D eigenvalue weighted by molar-refractivity contribution is -0.164. The number of esters is 2. The van der Waals surface area contributed by atoms with E-state index in [1.54, 1.807) is 38.2 Å². The molecule has 0 aliphatic heterocycles. The summed E-state index contributed by atoms with van der Waals surface area (Å²) in [6, 6.07) is 5.16. The largest absolute Gasteiger partial charge is 0.464 e. The first-order chi connectivity index (χ1) is 9.04. The molecule has 0 bridgehead atoms. The molecule has 1 aromatic rings. The van der Waals surface area contributed by atoms with E-state index in [2.05, 4.69) is 4.98 Å². The van der Waals surface area contributed by atoms with E-state index in [-0.39, 0.29) is 19.6 Å². The molecule has 0 radical (unpaired) electrons. The summed E-state index contributed by atoms with van der Waals surface area (Å²) < 4.78 is 9.71. The number of carbonyl (C=O) groups excluding carboxylic acids is 2. The molecule has 0 spiro atoms. The second-order valence-corrected chi connectivity index (χ2v) is 3.91. The van der Waals surface area contributed by atoms with Gasteiger partial charge in [0.25, 0.3) is 0 Å². The molecule has 0 aliphatic carbocycles. The van der Waals surface area contributed by atoms with E-state index in [1.807, 2.05) is 0 Å². The van der Waals surface area contributed by atoms with Gasteiger partial charge in [0.2, 0.25) is 5.54 Å². The molecule has 2 N–H and O–H groups in total. The summed E-state index contributed by atoms with van der Waals surface area (Å²) in [7, 11) is 0. The number of ether oxygens (including phenoxy) is 2. The monoisotopic (exact) mass is 266 g/mol. The van der Waals surface area contributed by atoms with Gasteiger partial charge in [0.15, 0.2) is 0 Å². The molecule has 0 amide bonds. The Balaban J connectivity index is 2.98. The number of nitrogens with zero attached hydrogens (tertiary/aromatic N) is 1. The van der Waals surface area contributed by atoms with Crippen molar-refractivity contribution in [1.82, 2.24) is 4.98 Å². The summed E-state index contributed by atoms with van der Waals surface area (Å²) in [6.07, 6.45) is 1.50. The normalized spacial score (nSPS) is 10.9. The number of aromatic nitrogens is 1. The van der Waals surface area contributed by atoms with Crippen LogP contribution in [0.15, 0.2) is 24.4 Å². The average molecular weight is 266 g/mol. The number of rotatable bonds is 6. The third kappa shape index (κ3) is 3.75. The van der Waals surface area contributed by atoms with Crippen LogP contribution < -0.4 is 5.73 Å². The molecule has 104 valence electrons. The Bertz CT molecular complexity index is 416. The van der Waals surface area contributed by atoms with E-state index >= 15 is 0 Å². The Labute approximate surface area is 111 Å². The lowest BCUT2D eigenvalue weighted by Crippen LogP contribution is -2.58. The molecule has 19 heavy (non-hydrogen) atoms. The van der Waals surface area contributed by atoms with Crippen LogP contribution in [0.2, 0.25) is 0 Å². The van der Waals surface area contributed by atoms with E-state index in [0.717, 1.165) is 0 Å². The molecule has 1 rings (SSSR count). The zero-order valence-corrected chi connectivity index (χ0v) is 11.1. The number of hydrogen-bond acceptors (Lipinski definition) is 6. The molecule has 0 saturated heterocycles. The highest BCUT2D eigenvalue weighted by Crippen LogP contribution is 2.14. The average Bonchev–Trinajstić information content (AvgIpc) is 2.40. The van der Waals surface area contributed by atoms with E-state index < -0.39 is 17.5 Å². The predicted molar refractivity (Wildman–Crippen MR) is 68.1 cm³/mol. The van der Waals surface area contributed by atoms with Crippen molar-refractivity contribution < 1.29 is 19.1 Å². The van der Waals surface area contributed by atoms with Crippen molar-refractivity contribution in [3.05, 3.63) is 30.1 Å². The summed E-state index contributed by atoms with van der Waals surface area (Å²) in [5.74, 6) is -1.61. The highest BCUT2D eigenvalue weighted by Gasteiger charge is 2.45. The van der Waals surface area contributed by atoms with Gasteiger partial charge in [-0.25, -0.2) is 9.59 Å². The Hall–Kier alpha value is -1.95. The fraction of sp³-hybridized carbons (Fsp3) is 0.462. The number of hydrogen-bond donors (Lipinski definition) is 1. The molecule has 1 aromatic heterocycles. The Morgan fingerprint density at radius 2 is 1.79 bits per heavy atom. The van der Waals surface area contributed by atoms with Crippen molar-refractivity contribution in [1.29, 1.82) is 0 Å². The minimum atomic E-state index is -1.86. The summed E-state index contributed by atoms with van der Waals surface area (Å²) in [6.45, 7) is 3.56. The summed E-state index contributed by atoms with van der Waals surface area (Å²) >= 11 is 0. The third-order valence-corrected chi connectivity index (χ3v) is 2.47. The first-order valence-electron chi connectivity index (χ1n) is 6.07. The van der Waals surface area contributed by atoms with Crippen molar-refractivity contribution in [3.8, 4) is 0 Å². The second kappa shape index (κ2) is 6.84.